The molecule has 15 heavy (non-hydrogen) atoms. The molecule has 1 atom stereocenters. The molecule has 5 nitrogen and oxygen atoms in total. The van der Waals surface area contributed by atoms with Crippen molar-refractivity contribution in [2.24, 2.45) is 5.92 Å². The highest BCUT2D eigenvalue weighted by Gasteiger charge is 2.40. The van der Waals surface area contributed by atoms with Gasteiger partial charge >= 0.3 is 6.03 Å². The van der Waals surface area contributed by atoms with Crippen LogP contribution in [0.1, 0.15) is 6.42 Å². The minimum Gasteiger partial charge on any atom is -0.369 e. The first-order chi connectivity index (χ1) is 7.25. The standard InChI is InChI=1S/C10H11N3O2/c14-9-6-5-13-4-2-1-3-7(13)8(6)11-10(15)12-9/h1,3,6H,2,4-5H2,(H2,11,12,14,15). The number of fused-ring (bicyclic) bond motifs is 2. The van der Waals surface area contributed by atoms with Crippen LogP contribution in [0.5, 0.6) is 0 Å². The van der Waals surface area contributed by atoms with Gasteiger partial charge in [-0.15, -0.1) is 0 Å². The molecule has 1 unspecified atom stereocenters. The zero-order valence-corrected chi connectivity index (χ0v) is 8.12. The van der Waals surface area contributed by atoms with Crippen LogP contribution in [0.2, 0.25) is 0 Å². The Morgan fingerprint density at radius 1 is 1.33 bits per heavy atom. The zero-order valence-electron chi connectivity index (χ0n) is 8.12. The van der Waals surface area contributed by atoms with Gasteiger partial charge in [-0.3, -0.25) is 10.1 Å². The van der Waals surface area contributed by atoms with E-state index < -0.39 is 6.03 Å². The summed E-state index contributed by atoms with van der Waals surface area (Å²) in [6.45, 7) is 1.61. The molecule has 78 valence electrons. The summed E-state index contributed by atoms with van der Waals surface area (Å²) in [5, 5.41) is 5.01. The molecule has 0 aliphatic carbocycles. The molecule has 0 saturated carbocycles. The number of rotatable bonds is 0. The number of nitrogens with zero attached hydrogens (tertiary/aromatic N) is 1. The maximum atomic E-state index is 11.6. The Morgan fingerprint density at radius 3 is 3.07 bits per heavy atom. The van der Waals surface area contributed by atoms with E-state index in [0.29, 0.717) is 6.54 Å². The molecule has 0 aromatic carbocycles. The smallest absolute Gasteiger partial charge is 0.325 e. The molecule has 3 aliphatic heterocycles. The summed E-state index contributed by atoms with van der Waals surface area (Å²) in [6, 6.07) is -0.417. The number of amides is 3. The summed E-state index contributed by atoms with van der Waals surface area (Å²) in [5.74, 6) is -0.399. The third-order valence-electron chi connectivity index (χ3n) is 3.01. The van der Waals surface area contributed by atoms with Gasteiger partial charge in [-0.05, 0) is 12.5 Å². The molecule has 5 heteroatoms. The number of imide groups is 1. The molecular weight excluding hydrogens is 194 g/mol. The van der Waals surface area contributed by atoms with E-state index in [9.17, 15) is 9.59 Å². The Hall–Kier alpha value is -1.78. The summed E-state index contributed by atoms with van der Waals surface area (Å²) in [6.07, 6.45) is 5.05. The molecule has 3 aliphatic rings. The van der Waals surface area contributed by atoms with Crippen molar-refractivity contribution in [3.8, 4) is 0 Å². The van der Waals surface area contributed by atoms with E-state index in [1.165, 1.54) is 0 Å². The molecule has 0 bridgehead atoms. The van der Waals surface area contributed by atoms with Crippen LogP contribution in [0, 0.1) is 5.92 Å². The van der Waals surface area contributed by atoms with Crippen molar-refractivity contribution in [2.45, 2.75) is 6.42 Å². The van der Waals surface area contributed by atoms with E-state index in [0.717, 1.165) is 24.4 Å². The second kappa shape index (κ2) is 2.85. The van der Waals surface area contributed by atoms with E-state index in [4.69, 9.17) is 0 Å². The second-order valence-corrected chi connectivity index (χ2v) is 3.93. The van der Waals surface area contributed by atoms with Crippen LogP contribution in [-0.2, 0) is 4.79 Å². The lowest BCUT2D eigenvalue weighted by Crippen LogP contribution is -2.50. The Bertz CT molecular complexity index is 411. The lowest BCUT2D eigenvalue weighted by Gasteiger charge is -2.22. The molecule has 2 N–H and O–H groups in total. The summed E-state index contributed by atoms with van der Waals surface area (Å²) in [7, 11) is 0. The second-order valence-electron chi connectivity index (χ2n) is 3.93. The van der Waals surface area contributed by atoms with Gasteiger partial charge < -0.3 is 10.2 Å². The van der Waals surface area contributed by atoms with Crippen LogP contribution in [0.3, 0.4) is 0 Å². The molecule has 0 radical (unpaired) electrons. The maximum Gasteiger partial charge on any atom is 0.325 e. The topological polar surface area (TPSA) is 61.4 Å². The summed E-state index contributed by atoms with van der Waals surface area (Å²) in [4.78, 5) is 24.9. The molecule has 0 aromatic heterocycles. The normalized spacial score (nSPS) is 28.5. The highest BCUT2D eigenvalue weighted by atomic mass is 16.2. The summed E-state index contributed by atoms with van der Waals surface area (Å²) >= 11 is 0. The Kier molecular flexibility index (Phi) is 1.62. The molecule has 3 rings (SSSR count). The Balaban J connectivity index is 2.04. The van der Waals surface area contributed by atoms with Gasteiger partial charge in [0.1, 0.15) is 0 Å². The van der Waals surface area contributed by atoms with Gasteiger partial charge in [0.2, 0.25) is 5.91 Å². The molecule has 1 fully saturated rings. The van der Waals surface area contributed by atoms with E-state index >= 15 is 0 Å². The number of nitrogens with one attached hydrogen (secondary N) is 2. The summed E-state index contributed by atoms with van der Waals surface area (Å²) < 4.78 is 0. The number of hydrogen-bond acceptors (Lipinski definition) is 3. The van der Waals surface area contributed by atoms with Crippen molar-refractivity contribution < 1.29 is 9.59 Å². The first-order valence-electron chi connectivity index (χ1n) is 5.03. The van der Waals surface area contributed by atoms with Gasteiger partial charge in [0.25, 0.3) is 0 Å². The van der Waals surface area contributed by atoms with Crippen LogP contribution in [0.25, 0.3) is 0 Å². The molecule has 3 heterocycles. The van der Waals surface area contributed by atoms with Crippen molar-refractivity contribution in [3.05, 3.63) is 23.5 Å². The fourth-order valence-corrected chi connectivity index (χ4v) is 2.31. The van der Waals surface area contributed by atoms with Crippen LogP contribution in [0.4, 0.5) is 4.79 Å². The van der Waals surface area contributed by atoms with Gasteiger partial charge in [0, 0.05) is 13.1 Å². The van der Waals surface area contributed by atoms with E-state index in [2.05, 4.69) is 21.6 Å². The SMILES string of the molecule is O=C1NC(=O)C2CN3CCC=CC3=C2N1. The third-order valence-corrected chi connectivity index (χ3v) is 3.01. The van der Waals surface area contributed by atoms with E-state index in [-0.39, 0.29) is 11.8 Å². The van der Waals surface area contributed by atoms with Gasteiger partial charge in [0.05, 0.1) is 17.3 Å². The zero-order chi connectivity index (χ0) is 10.4. The molecule has 1 saturated heterocycles. The molecule has 0 aromatic rings. The number of hydrogen-bond donors (Lipinski definition) is 2. The number of urea groups is 1. The van der Waals surface area contributed by atoms with E-state index in [1.807, 2.05) is 6.08 Å². The molecule has 0 spiro atoms. The van der Waals surface area contributed by atoms with Crippen molar-refractivity contribution in [3.63, 3.8) is 0 Å². The fraction of sp³-hybridized carbons (Fsp3) is 0.400. The minimum absolute atomic E-state index is 0.191. The predicted molar refractivity (Wildman–Crippen MR) is 52.5 cm³/mol. The van der Waals surface area contributed by atoms with Crippen molar-refractivity contribution >= 4 is 11.9 Å². The van der Waals surface area contributed by atoms with Crippen LogP contribution in [0.15, 0.2) is 23.5 Å². The average Bonchev–Trinajstić information content (AvgIpc) is 2.57. The minimum atomic E-state index is -0.417. The van der Waals surface area contributed by atoms with Gasteiger partial charge in [-0.25, -0.2) is 4.79 Å². The van der Waals surface area contributed by atoms with Crippen LogP contribution in [-0.4, -0.2) is 29.9 Å². The molecular formula is C10H11N3O2. The van der Waals surface area contributed by atoms with E-state index in [1.54, 1.807) is 0 Å². The first-order valence-corrected chi connectivity index (χ1v) is 5.03. The van der Waals surface area contributed by atoms with Crippen LogP contribution < -0.4 is 10.6 Å². The maximum absolute atomic E-state index is 11.6. The number of carbonyl (C=O) groups is 2. The Morgan fingerprint density at radius 2 is 2.20 bits per heavy atom. The quantitative estimate of drug-likeness (QED) is 0.582. The van der Waals surface area contributed by atoms with Crippen LogP contribution >= 0.6 is 0 Å². The van der Waals surface area contributed by atoms with Gasteiger partial charge in [-0.1, -0.05) is 6.08 Å². The van der Waals surface area contributed by atoms with Gasteiger partial charge in [0.15, 0.2) is 0 Å². The largest absolute Gasteiger partial charge is 0.369 e. The fourth-order valence-electron chi connectivity index (χ4n) is 2.31. The number of allylic oxidation sites excluding steroid dienone is 1. The van der Waals surface area contributed by atoms with Crippen molar-refractivity contribution in [1.29, 1.82) is 0 Å². The average molecular weight is 205 g/mol. The number of carbonyl (C=O) groups excluding carboxylic acids is 2. The van der Waals surface area contributed by atoms with Gasteiger partial charge in [-0.2, -0.15) is 0 Å². The summed E-state index contributed by atoms with van der Waals surface area (Å²) in [5.41, 5.74) is 1.76. The highest BCUT2D eigenvalue weighted by Crippen LogP contribution is 2.31. The molecule has 3 amide bonds. The highest BCUT2D eigenvalue weighted by molar-refractivity contribution is 6.01. The predicted octanol–water partition coefficient (Wildman–Crippen LogP) is -0.0709. The van der Waals surface area contributed by atoms with Crippen molar-refractivity contribution in [2.75, 3.05) is 13.1 Å². The van der Waals surface area contributed by atoms with Crippen molar-refractivity contribution in [1.82, 2.24) is 15.5 Å². The first kappa shape index (κ1) is 8.52. The lowest BCUT2D eigenvalue weighted by molar-refractivity contribution is -0.123. The third kappa shape index (κ3) is 1.16. The lowest BCUT2D eigenvalue weighted by atomic mass is 10.0. The monoisotopic (exact) mass is 205 g/mol. The Labute approximate surface area is 86.8 Å².